The van der Waals surface area contributed by atoms with E-state index in [0.717, 1.165) is 17.5 Å². The molecule has 1 aliphatic rings. The molecule has 1 unspecified atom stereocenters. The smallest absolute Gasteiger partial charge is 0.238 e. The lowest BCUT2D eigenvalue weighted by Gasteiger charge is -2.32. The molecule has 3 N–H and O–H groups in total. The Balaban J connectivity index is 1.45. The first kappa shape index (κ1) is 23.0. The highest BCUT2D eigenvalue weighted by Gasteiger charge is 2.28. The van der Waals surface area contributed by atoms with Crippen LogP contribution in [-0.4, -0.2) is 38.2 Å². The fraction of sp³-hybridized carbons (Fsp3) is 0.391. The minimum Gasteiger partial charge on any atom is -0.349 e. The number of carbonyl (C=O) groups is 2. The van der Waals surface area contributed by atoms with Gasteiger partial charge in [-0.05, 0) is 49.4 Å². The van der Waals surface area contributed by atoms with Crippen LogP contribution in [0.2, 0.25) is 0 Å². The van der Waals surface area contributed by atoms with Gasteiger partial charge in [-0.3, -0.25) is 9.59 Å². The number of nitrogens with one attached hydrogen (secondary N) is 1. The van der Waals surface area contributed by atoms with Crippen molar-refractivity contribution in [3.63, 3.8) is 0 Å². The predicted molar refractivity (Wildman–Crippen MR) is 118 cm³/mol. The molecule has 1 aliphatic heterocycles. The monoisotopic (exact) mass is 443 g/mol. The zero-order chi connectivity index (χ0) is 22.4. The maximum Gasteiger partial charge on any atom is 0.238 e. The number of hydrogen-bond acceptors (Lipinski definition) is 4. The highest BCUT2D eigenvalue weighted by Crippen LogP contribution is 2.21. The second kappa shape index (κ2) is 10.1. The Bertz CT molecular complexity index is 999. The summed E-state index contributed by atoms with van der Waals surface area (Å²) in [5, 5.41) is 8.11. The van der Waals surface area contributed by atoms with Crippen LogP contribution >= 0.6 is 0 Å². The van der Waals surface area contributed by atoms with Crippen LogP contribution in [0.5, 0.6) is 0 Å². The summed E-state index contributed by atoms with van der Waals surface area (Å²) >= 11 is 0. The molecule has 0 radical (unpaired) electrons. The van der Waals surface area contributed by atoms with E-state index in [1.54, 1.807) is 12.1 Å². The number of nitrogens with two attached hydrogens (primary N) is 1. The van der Waals surface area contributed by atoms with E-state index in [0.29, 0.717) is 32.4 Å². The summed E-state index contributed by atoms with van der Waals surface area (Å²) in [4.78, 5) is 27.0. The van der Waals surface area contributed by atoms with E-state index in [4.69, 9.17) is 5.14 Å². The summed E-state index contributed by atoms with van der Waals surface area (Å²) in [5.41, 5.74) is 1.95. The van der Waals surface area contributed by atoms with Gasteiger partial charge in [-0.1, -0.05) is 42.5 Å². The van der Waals surface area contributed by atoms with Gasteiger partial charge in [0, 0.05) is 25.4 Å². The minimum absolute atomic E-state index is 0.0408. The van der Waals surface area contributed by atoms with E-state index in [-0.39, 0.29) is 28.7 Å². The molecule has 2 aromatic carbocycles. The number of rotatable bonds is 7. The number of amides is 2. The zero-order valence-electron chi connectivity index (χ0n) is 17.7. The molecule has 0 aromatic heterocycles. The number of nitrogens with zero attached hydrogens (tertiary/aromatic N) is 1. The number of sulfonamides is 1. The van der Waals surface area contributed by atoms with Crippen LogP contribution in [0.1, 0.15) is 43.4 Å². The van der Waals surface area contributed by atoms with Gasteiger partial charge in [-0.25, -0.2) is 13.6 Å². The lowest BCUT2D eigenvalue weighted by atomic mass is 9.94. The number of aryl methyl sites for hydroxylation is 1. The highest BCUT2D eigenvalue weighted by atomic mass is 32.2. The van der Waals surface area contributed by atoms with Crippen LogP contribution in [0, 0.1) is 5.92 Å². The molecule has 2 aromatic rings. The van der Waals surface area contributed by atoms with Crippen molar-refractivity contribution in [2.45, 2.75) is 43.5 Å². The SMILES string of the molecule is CC(NC(=O)C1CCN(C(=O)CCc2ccccc2)CC1)c1ccc(S(N)(=O)=O)cc1. The third-order valence-corrected chi connectivity index (χ3v) is 6.69. The van der Waals surface area contributed by atoms with Crippen LogP contribution in [0.25, 0.3) is 0 Å². The Morgan fingerprint density at radius 2 is 1.68 bits per heavy atom. The molecule has 8 heteroatoms. The summed E-state index contributed by atoms with van der Waals surface area (Å²) in [6.07, 6.45) is 2.48. The lowest BCUT2D eigenvalue weighted by Crippen LogP contribution is -2.43. The van der Waals surface area contributed by atoms with Crippen LogP contribution in [0.4, 0.5) is 0 Å². The Morgan fingerprint density at radius 1 is 1.06 bits per heavy atom. The lowest BCUT2D eigenvalue weighted by molar-refractivity contribution is -0.135. The molecule has 0 aliphatic carbocycles. The maximum absolute atomic E-state index is 12.7. The number of likely N-dealkylation sites (tertiary alicyclic amines) is 1. The summed E-state index contributed by atoms with van der Waals surface area (Å²) < 4.78 is 22.7. The molecule has 166 valence electrons. The summed E-state index contributed by atoms with van der Waals surface area (Å²) in [6.45, 7) is 3.03. The highest BCUT2D eigenvalue weighted by molar-refractivity contribution is 7.89. The first-order valence-electron chi connectivity index (χ1n) is 10.5. The third kappa shape index (κ3) is 6.38. The quantitative estimate of drug-likeness (QED) is 0.685. The summed E-state index contributed by atoms with van der Waals surface area (Å²) in [6, 6.07) is 15.9. The van der Waals surface area contributed by atoms with Crippen molar-refractivity contribution in [1.82, 2.24) is 10.2 Å². The molecular formula is C23H29N3O4S. The first-order valence-corrected chi connectivity index (χ1v) is 12.0. The number of piperidine rings is 1. The number of carbonyl (C=O) groups excluding carboxylic acids is 2. The molecule has 0 bridgehead atoms. The molecule has 1 atom stereocenters. The van der Waals surface area contributed by atoms with Gasteiger partial charge in [0.05, 0.1) is 10.9 Å². The van der Waals surface area contributed by atoms with Crippen molar-refractivity contribution in [3.05, 3.63) is 65.7 Å². The van der Waals surface area contributed by atoms with Crippen LogP contribution in [0.3, 0.4) is 0 Å². The fourth-order valence-corrected chi connectivity index (χ4v) is 4.32. The second-order valence-corrected chi connectivity index (χ2v) is 9.55. The molecular weight excluding hydrogens is 414 g/mol. The molecule has 7 nitrogen and oxygen atoms in total. The maximum atomic E-state index is 12.7. The normalized spacial score (nSPS) is 16.0. The molecule has 2 amide bonds. The van der Waals surface area contributed by atoms with Crippen molar-refractivity contribution in [2.24, 2.45) is 11.1 Å². The van der Waals surface area contributed by atoms with Gasteiger partial charge in [0.1, 0.15) is 0 Å². The average Bonchev–Trinajstić information content (AvgIpc) is 2.77. The van der Waals surface area contributed by atoms with Crippen molar-refractivity contribution in [2.75, 3.05) is 13.1 Å². The Labute approximate surface area is 183 Å². The number of primary sulfonamides is 1. The molecule has 1 fully saturated rings. The predicted octanol–water partition coefficient (Wildman–Crippen LogP) is 2.38. The third-order valence-electron chi connectivity index (χ3n) is 5.76. The number of benzene rings is 2. The summed E-state index contributed by atoms with van der Waals surface area (Å²) in [7, 11) is -3.74. The van der Waals surface area contributed by atoms with E-state index < -0.39 is 10.0 Å². The fourth-order valence-electron chi connectivity index (χ4n) is 3.81. The number of hydrogen-bond donors (Lipinski definition) is 2. The van der Waals surface area contributed by atoms with Gasteiger partial charge in [0.25, 0.3) is 0 Å². The van der Waals surface area contributed by atoms with E-state index >= 15 is 0 Å². The van der Waals surface area contributed by atoms with Gasteiger partial charge in [-0.15, -0.1) is 0 Å². The Kier molecular flexibility index (Phi) is 7.46. The minimum atomic E-state index is -3.74. The second-order valence-electron chi connectivity index (χ2n) is 7.98. The topological polar surface area (TPSA) is 110 Å². The van der Waals surface area contributed by atoms with Gasteiger partial charge in [0.15, 0.2) is 0 Å². The average molecular weight is 444 g/mol. The van der Waals surface area contributed by atoms with Gasteiger partial charge in [0.2, 0.25) is 21.8 Å². The Morgan fingerprint density at radius 3 is 2.26 bits per heavy atom. The van der Waals surface area contributed by atoms with Crippen molar-refractivity contribution in [3.8, 4) is 0 Å². The molecule has 0 spiro atoms. The van der Waals surface area contributed by atoms with Crippen LogP contribution in [0.15, 0.2) is 59.5 Å². The summed E-state index contributed by atoms with van der Waals surface area (Å²) in [5.74, 6) is -0.0465. The van der Waals surface area contributed by atoms with Gasteiger partial charge >= 0.3 is 0 Å². The zero-order valence-corrected chi connectivity index (χ0v) is 18.5. The van der Waals surface area contributed by atoms with Crippen molar-refractivity contribution < 1.29 is 18.0 Å². The van der Waals surface area contributed by atoms with E-state index in [1.165, 1.54) is 12.1 Å². The largest absolute Gasteiger partial charge is 0.349 e. The molecule has 31 heavy (non-hydrogen) atoms. The van der Waals surface area contributed by atoms with E-state index in [2.05, 4.69) is 5.32 Å². The first-order chi connectivity index (χ1) is 14.7. The van der Waals surface area contributed by atoms with E-state index in [1.807, 2.05) is 42.2 Å². The van der Waals surface area contributed by atoms with Crippen molar-refractivity contribution in [1.29, 1.82) is 0 Å². The van der Waals surface area contributed by atoms with E-state index in [9.17, 15) is 18.0 Å². The molecule has 1 saturated heterocycles. The molecule has 0 saturated carbocycles. The van der Waals surface area contributed by atoms with Crippen molar-refractivity contribution >= 4 is 21.8 Å². The Hall–Kier alpha value is -2.71. The molecule has 1 heterocycles. The standard InChI is InChI=1S/C23H29N3O4S/c1-17(19-8-10-21(11-9-19)31(24,29)30)25-23(28)20-13-15-26(16-14-20)22(27)12-7-18-5-3-2-4-6-18/h2-6,8-11,17,20H,7,12-16H2,1H3,(H,25,28)(H2,24,29,30). The van der Waals surface area contributed by atoms with Gasteiger partial charge < -0.3 is 10.2 Å². The molecule has 3 rings (SSSR count). The van der Waals surface area contributed by atoms with Crippen LogP contribution < -0.4 is 10.5 Å². The van der Waals surface area contributed by atoms with Crippen LogP contribution in [-0.2, 0) is 26.0 Å². The van der Waals surface area contributed by atoms with Gasteiger partial charge in [-0.2, -0.15) is 0 Å².